The van der Waals surface area contributed by atoms with Gasteiger partial charge in [0.1, 0.15) is 5.75 Å². The third kappa shape index (κ3) is 10.1. The summed E-state index contributed by atoms with van der Waals surface area (Å²) in [6.07, 6.45) is 0.703. The molecule has 194 valence electrons. The van der Waals surface area contributed by atoms with Crippen LogP contribution >= 0.6 is 0 Å². The average Bonchev–Trinajstić information content (AvgIpc) is 2.82. The predicted octanol–water partition coefficient (Wildman–Crippen LogP) is 1.91. The number of benzene rings is 2. The number of phenols is 1. The Balaban J connectivity index is 2.16. The molecule has 0 fully saturated rings. The molecule has 10 nitrogen and oxygen atoms in total. The van der Waals surface area contributed by atoms with Gasteiger partial charge in [-0.05, 0) is 42.6 Å². The van der Waals surface area contributed by atoms with E-state index in [2.05, 4.69) is 16.0 Å². The Morgan fingerprint density at radius 3 is 1.92 bits per heavy atom. The number of phenolic OH excluding ortho intramolecular Hbond substituents is 1. The second kappa shape index (κ2) is 14.5. The van der Waals surface area contributed by atoms with E-state index in [-0.39, 0.29) is 36.8 Å². The lowest BCUT2D eigenvalue weighted by Crippen LogP contribution is -2.40. The van der Waals surface area contributed by atoms with Crippen LogP contribution in [0.4, 0.5) is 0 Å². The Morgan fingerprint density at radius 1 is 0.806 bits per heavy atom. The molecule has 0 aliphatic heterocycles. The number of amides is 3. The van der Waals surface area contributed by atoms with E-state index in [0.29, 0.717) is 30.5 Å². The molecular weight excluding hydrogens is 464 g/mol. The number of carbonyl (C=O) groups is 4. The molecule has 2 rings (SSSR count). The van der Waals surface area contributed by atoms with Crippen LogP contribution in [0.25, 0.3) is 0 Å². The highest BCUT2D eigenvalue weighted by atomic mass is 16.4. The van der Waals surface area contributed by atoms with Crippen molar-refractivity contribution in [2.75, 3.05) is 6.54 Å². The molecule has 7 N–H and O–H groups in total. The maximum atomic E-state index is 13.0. The Hall–Kier alpha value is -3.92. The van der Waals surface area contributed by atoms with E-state index < -0.39 is 30.0 Å². The van der Waals surface area contributed by atoms with Gasteiger partial charge in [0, 0.05) is 19.4 Å². The molecule has 0 heterocycles. The van der Waals surface area contributed by atoms with Crippen LogP contribution in [-0.2, 0) is 19.2 Å². The fourth-order valence-corrected chi connectivity index (χ4v) is 3.86. The lowest BCUT2D eigenvalue weighted by Gasteiger charge is -2.23. The summed E-state index contributed by atoms with van der Waals surface area (Å²) < 4.78 is 0. The van der Waals surface area contributed by atoms with Gasteiger partial charge in [-0.1, -0.05) is 42.5 Å². The molecule has 3 amide bonds. The zero-order valence-corrected chi connectivity index (χ0v) is 20.3. The number of rotatable bonds is 14. The van der Waals surface area contributed by atoms with Crippen LogP contribution < -0.4 is 21.7 Å². The second-order valence-corrected chi connectivity index (χ2v) is 8.58. The molecule has 0 saturated heterocycles. The van der Waals surface area contributed by atoms with Gasteiger partial charge in [-0.3, -0.25) is 19.2 Å². The molecule has 0 aromatic heterocycles. The van der Waals surface area contributed by atoms with Gasteiger partial charge in [-0.2, -0.15) is 0 Å². The number of nitrogens with one attached hydrogen (secondary N) is 3. The van der Waals surface area contributed by atoms with Crippen LogP contribution in [0.2, 0.25) is 0 Å². The zero-order chi connectivity index (χ0) is 26.5. The first kappa shape index (κ1) is 28.3. The van der Waals surface area contributed by atoms with Gasteiger partial charge in [0.25, 0.3) is 0 Å². The standard InChI is InChI=1S/C26H34N4O6/c1-17(31)28-20(8-5-13-27)14-24(33)29-22(19-9-11-21(32)12-10-19)15-25(34)30-23(16-26(35)36)18-6-3-2-4-7-18/h2-4,6-7,9-12,20,22-23,32H,5,8,13-16,27H2,1H3,(H,28,31)(H,29,33)(H,30,34)(H,35,36)/t20-,22-,23-/m0/s1. The Kier molecular flexibility index (Phi) is 11.4. The van der Waals surface area contributed by atoms with Gasteiger partial charge < -0.3 is 31.9 Å². The van der Waals surface area contributed by atoms with Gasteiger partial charge in [0.2, 0.25) is 17.7 Å². The maximum Gasteiger partial charge on any atom is 0.305 e. The van der Waals surface area contributed by atoms with Crippen LogP contribution in [0.15, 0.2) is 54.6 Å². The van der Waals surface area contributed by atoms with E-state index in [0.717, 1.165) is 0 Å². The van der Waals surface area contributed by atoms with E-state index in [4.69, 9.17) is 5.73 Å². The van der Waals surface area contributed by atoms with E-state index in [1.807, 2.05) is 0 Å². The smallest absolute Gasteiger partial charge is 0.305 e. The maximum absolute atomic E-state index is 13.0. The second-order valence-electron chi connectivity index (χ2n) is 8.58. The van der Waals surface area contributed by atoms with E-state index >= 15 is 0 Å². The minimum absolute atomic E-state index is 0.00143. The molecule has 0 saturated carbocycles. The van der Waals surface area contributed by atoms with Crippen molar-refractivity contribution in [3.63, 3.8) is 0 Å². The van der Waals surface area contributed by atoms with Crippen molar-refractivity contribution < 1.29 is 29.4 Å². The Morgan fingerprint density at radius 2 is 1.36 bits per heavy atom. The summed E-state index contributed by atoms with van der Waals surface area (Å²) >= 11 is 0. The molecule has 0 aliphatic carbocycles. The molecule has 2 aromatic carbocycles. The Bertz CT molecular complexity index is 1010. The minimum Gasteiger partial charge on any atom is -0.508 e. The molecule has 0 radical (unpaired) electrons. The lowest BCUT2D eigenvalue weighted by atomic mass is 10.00. The summed E-state index contributed by atoms with van der Waals surface area (Å²) in [5.74, 6) is -2.11. The van der Waals surface area contributed by atoms with Gasteiger partial charge in [-0.25, -0.2) is 0 Å². The number of carboxylic acids is 1. The van der Waals surface area contributed by atoms with Crippen molar-refractivity contribution in [2.24, 2.45) is 5.73 Å². The highest BCUT2D eigenvalue weighted by Gasteiger charge is 2.24. The van der Waals surface area contributed by atoms with E-state index in [1.165, 1.54) is 19.1 Å². The van der Waals surface area contributed by atoms with Crippen molar-refractivity contribution in [2.45, 2.75) is 57.2 Å². The van der Waals surface area contributed by atoms with Crippen molar-refractivity contribution in [1.82, 2.24) is 16.0 Å². The summed E-state index contributed by atoms with van der Waals surface area (Å²) in [5.41, 5.74) is 6.80. The van der Waals surface area contributed by atoms with Crippen molar-refractivity contribution in [3.05, 3.63) is 65.7 Å². The summed E-state index contributed by atoms with van der Waals surface area (Å²) in [5, 5.41) is 27.3. The first-order valence-corrected chi connectivity index (χ1v) is 11.8. The average molecular weight is 499 g/mol. The molecule has 0 aliphatic rings. The fraction of sp³-hybridized carbons (Fsp3) is 0.385. The van der Waals surface area contributed by atoms with E-state index in [9.17, 15) is 29.4 Å². The number of hydrogen-bond donors (Lipinski definition) is 6. The van der Waals surface area contributed by atoms with Gasteiger partial charge in [0.15, 0.2) is 0 Å². The number of nitrogens with two attached hydrogens (primary N) is 1. The van der Waals surface area contributed by atoms with Crippen LogP contribution in [0, 0.1) is 0 Å². The molecule has 10 heteroatoms. The lowest BCUT2D eigenvalue weighted by molar-refractivity contribution is -0.137. The normalized spacial score (nSPS) is 13.2. The molecule has 0 unspecified atom stereocenters. The highest BCUT2D eigenvalue weighted by Crippen LogP contribution is 2.22. The van der Waals surface area contributed by atoms with Crippen LogP contribution in [0.1, 0.15) is 62.2 Å². The first-order chi connectivity index (χ1) is 17.2. The largest absolute Gasteiger partial charge is 0.508 e. The summed E-state index contributed by atoms with van der Waals surface area (Å²) in [7, 11) is 0. The predicted molar refractivity (Wildman–Crippen MR) is 134 cm³/mol. The molecule has 3 atom stereocenters. The monoisotopic (exact) mass is 498 g/mol. The SMILES string of the molecule is CC(=O)N[C@@H](CCCN)CC(=O)N[C@@H](CC(=O)N[C@@H](CC(=O)O)c1ccccc1)c1ccc(O)cc1. The van der Waals surface area contributed by atoms with Crippen molar-refractivity contribution in [3.8, 4) is 5.75 Å². The number of hydrogen-bond acceptors (Lipinski definition) is 6. The number of carboxylic acid groups (broad SMARTS) is 1. The van der Waals surface area contributed by atoms with Crippen LogP contribution in [-0.4, -0.2) is 46.5 Å². The topological polar surface area (TPSA) is 171 Å². The molecule has 0 bridgehead atoms. The van der Waals surface area contributed by atoms with E-state index in [1.54, 1.807) is 42.5 Å². The van der Waals surface area contributed by atoms with Gasteiger partial charge >= 0.3 is 5.97 Å². The zero-order valence-electron chi connectivity index (χ0n) is 20.3. The van der Waals surface area contributed by atoms with Crippen molar-refractivity contribution in [1.29, 1.82) is 0 Å². The quantitative estimate of drug-likeness (QED) is 0.231. The summed E-state index contributed by atoms with van der Waals surface area (Å²) in [6, 6.07) is 13.0. The number of aromatic hydroxyl groups is 1. The third-order valence-electron chi connectivity index (χ3n) is 5.53. The van der Waals surface area contributed by atoms with Crippen LogP contribution in [0.5, 0.6) is 5.75 Å². The summed E-state index contributed by atoms with van der Waals surface area (Å²) in [6.45, 7) is 1.80. The highest BCUT2D eigenvalue weighted by molar-refractivity contribution is 5.82. The molecule has 2 aromatic rings. The number of carbonyl (C=O) groups excluding carboxylic acids is 3. The molecular formula is C26H34N4O6. The molecule has 36 heavy (non-hydrogen) atoms. The first-order valence-electron chi connectivity index (χ1n) is 11.8. The molecule has 0 spiro atoms. The number of aliphatic carboxylic acids is 1. The fourth-order valence-electron chi connectivity index (χ4n) is 3.86. The third-order valence-corrected chi connectivity index (χ3v) is 5.53. The van der Waals surface area contributed by atoms with Crippen molar-refractivity contribution >= 4 is 23.7 Å². The van der Waals surface area contributed by atoms with Gasteiger partial charge in [0.05, 0.1) is 24.9 Å². The summed E-state index contributed by atoms with van der Waals surface area (Å²) in [4.78, 5) is 48.7. The Labute approximate surface area is 210 Å². The minimum atomic E-state index is -1.06. The van der Waals surface area contributed by atoms with Crippen LogP contribution in [0.3, 0.4) is 0 Å². The van der Waals surface area contributed by atoms with Gasteiger partial charge in [-0.15, -0.1) is 0 Å².